The quantitative estimate of drug-likeness (QED) is 0.804. The van der Waals surface area contributed by atoms with Crippen LogP contribution >= 0.6 is 0 Å². The predicted molar refractivity (Wildman–Crippen MR) is 116 cm³/mol. The van der Waals surface area contributed by atoms with Crippen LogP contribution < -0.4 is 10.1 Å². The first kappa shape index (κ1) is 20.5. The molecule has 1 heterocycles. The molecule has 2 aromatic carbocycles. The van der Waals surface area contributed by atoms with Crippen molar-refractivity contribution in [2.45, 2.75) is 51.7 Å². The number of hydrogen-bond donors (Lipinski definition) is 1. The average Bonchev–Trinajstić information content (AvgIpc) is 3.03. The molecule has 2 aliphatic rings. The molecule has 4 rings (SSSR count). The summed E-state index contributed by atoms with van der Waals surface area (Å²) in [4.78, 5) is 28.3. The maximum Gasteiger partial charge on any atom is 0.255 e. The van der Waals surface area contributed by atoms with Crippen LogP contribution in [-0.4, -0.2) is 29.9 Å². The summed E-state index contributed by atoms with van der Waals surface area (Å²) in [5, 5.41) is 3.28. The number of nitrogens with one attached hydrogen (secondary N) is 1. The second-order valence-electron chi connectivity index (χ2n) is 8.66. The zero-order valence-electron chi connectivity index (χ0n) is 17.9. The molecule has 1 saturated carbocycles. The fraction of sp³-hybridized carbons (Fsp3) is 0.440. The highest BCUT2D eigenvalue weighted by Crippen LogP contribution is 2.36. The van der Waals surface area contributed by atoms with Crippen LogP contribution in [0, 0.1) is 11.8 Å². The molecule has 158 valence electrons. The van der Waals surface area contributed by atoms with Gasteiger partial charge < -0.3 is 15.0 Å². The number of carbonyl (C=O) groups is 2. The summed E-state index contributed by atoms with van der Waals surface area (Å²) < 4.78 is 5.32. The Hall–Kier alpha value is -2.82. The van der Waals surface area contributed by atoms with Gasteiger partial charge in [0.1, 0.15) is 11.8 Å². The number of nitrogens with zero attached hydrogens (tertiary/aromatic N) is 1. The lowest BCUT2D eigenvalue weighted by Gasteiger charge is -2.36. The molecular formula is C25H30N2O3. The van der Waals surface area contributed by atoms with Gasteiger partial charge in [0.2, 0.25) is 5.91 Å². The number of rotatable bonds is 5. The molecule has 5 nitrogen and oxygen atoms in total. The molecule has 1 fully saturated rings. The molecule has 1 aliphatic carbocycles. The fourth-order valence-corrected chi connectivity index (χ4v) is 4.83. The molecule has 2 aromatic rings. The minimum absolute atomic E-state index is 0.0813. The number of ether oxygens (including phenoxy) is 1. The Morgan fingerprint density at radius 2 is 1.93 bits per heavy atom. The standard InChI is InChI=1S/C25H30N2O3/c1-16-8-6-13-22(17(16)2)26-24(28)23-20-11-4-5-12-21(20)25(29)27(23)15-18-9-7-10-19(14-18)30-3/h4-5,7,9-12,14,16-17,22-23H,6,8,13,15H2,1-3H3,(H,26,28)/t16-,17-,22-,23-/m1/s1. The van der Waals surface area contributed by atoms with Crippen LogP contribution in [0.25, 0.3) is 0 Å². The van der Waals surface area contributed by atoms with Gasteiger partial charge >= 0.3 is 0 Å². The van der Waals surface area contributed by atoms with E-state index < -0.39 is 6.04 Å². The van der Waals surface area contributed by atoms with Gasteiger partial charge in [-0.25, -0.2) is 0 Å². The van der Waals surface area contributed by atoms with Crippen molar-refractivity contribution in [1.82, 2.24) is 10.2 Å². The SMILES string of the molecule is COc1cccc(CN2C(=O)c3ccccc3[C@@H]2C(=O)N[C@@H]2CCC[C@@H](C)[C@H]2C)c1. The minimum atomic E-state index is -0.607. The fourth-order valence-electron chi connectivity index (χ4n) is 4.83. The van der Waals surface area contributed by atoms with E-state index in [1.54, 1.807) is 12.0 Å². The van der Waals surface area contributed by atoms with Gasteiger partial charge in [-0.15, -0.1) is 0 Å². The van der Waals surface area contributed by atoms with Crippen LogP contribution in [-0.2, 0) is 11.3 Å². The van der Waals surface area contributed by atoms with Crippen LogP contribution in [0.2, 0.25) is 0 Å². The number of carbonyl (C=O) groups excluding carboxylic acids is 2. The summed E-state index contributed by atoms with van der Waals surface area (Å²) in [6.07, 6.45) is 3.33. The normalized spacial score (nSPS) is 25.7. The minimum Gasteiger partial charge on any atom is -0.497 e. The smallest absolute Gasteiger partial charge is 0.255 e. The molecule has 0 radical (unpaired) electrons. The molecule has 0 aromatic heterocycles. The monoisotopic (exact) mass is 406 g/mol. The van der Waals surface area contributed by atoms with Crippen LogP contribution in [0.5, 0.6) is 5.75 Å². The Kier molecular flexibility index (Phi) is 5.80. The summed E-state index contributed by atoms with van der Waals surface area (Å²) in [5.41, 5.74) is 2.35. The first-order valence-corrected chi connectivity index (χ1v) is 10.8. The second kappa shape index (κ2) is 8.50. The molecule has 30 heavy (non-hydrogen) atoms. The van der Waals surface area contributed by atoms with E-state index in [9.17, 15) is 9.59 Å². The van der Waals surface area contributed by atoms with Gasteiger partial charge in [0.05, 0.1) is 7.11 Å². The number of hydrogen-bond acceptors (Lipinski definition) is 3. The van der Waals surface area contributed by atoms with Gasteiger partial charge in [0, 0.05) is 18.2 Å². The first-order valence-electron chi connectivity index (χ1n) is 10.8. The summed E-state index contributed by atoms with van der Waals surface area (Å²) in [5.74, 6) is 1.58. The highest BCUT2D eigenvalue weighted by Gasteiger charge is 2.42. The van der Waals surface area contributed by atoms with Crippen LogP contribution in [0.4, 0.5) is 0 Å². The van der Waals surface area contributed by atoms with Gasteiger partial charge in [0.15, 0.2) is 0 Å². The van der Waals surface area contributed by atoms with Gasteiger partial charge in [-0.05, 0) is 47.6 Å². The number of benzene rings is 2. The molecule has 1 aliphatic heterocycles. The highest BCUT2D eigenvalue weighted by molar-refractivity contribution is 6.04. The predicted octanol–water partition coefficient (Wildman–Crippen LogP) is 4.33. The van der Waals surface area contributed by atoms with Crippen LogP contribution in [0.1, 0.15) is 60.6 Å². The average molecular weight is 407 g/mol. The van der Waals surface area contributed by atoms with Gasteiger partial charge in [-0.2, -0.15) is 0 Å². The van der Waals surface area contributed by atoms with Crippen LogP contribution in [0.3, 0.4) is 0 Å². The lowest BCUT2D eigenvalue weighted by atomic mass is 9.78. The summed E-state index contributed by atoms with van der Waals surface area (Å²) in [6, 6.07) is 14.7. The van der Waals surface area contributed by atoms with E-state index in [1.165, 1.54) is 6.42 Å². The lowest BCUT2D eigenvalue weighted by Crippen LogP contribution is -2.48. The summed E-state index contributed by atoms with van der Waals surface area (Å²) >= 11 is 0. The zero-order valence-corrected chi connectivity index (χ0v) is 17.9. The van der Waals surface area contributed by atoms with E-state index in [-0.39, 0.29) is 17.9 Å². The van der Waals surface area contributed by atoms with Crippen molar-refractivity contribution < 1.29 is 14.3 Å². The van der Waals surface area contributed by atoms with Crippen molar-refractivity contribution >= 4 is 11.8 Å². The number of amides is 2. The van der Waals surface area contributed by atoms with E-state index in [0.717, 1.165) is 29.7 Å². The number of fused-ring (bicyclic) bond motifs is 1. The number of methoxy groups -OCH3 is 1. The van der Waals surface area contributed by atoms with Crippen molar-refractivity contribution in [3.8, 4) is 5.75 Å². The molecule has 1 N–H and O–H groups in total. The zero-order chi connectivity index (χ0) is 21.3. The van der Waals surface area contributed by atoms with Crippen molar-refractivity contribution in [3.63, 3.8) is 0 Å². The Balaban J connectivity index is 1.61. The summed E-state index contributed by atoms with van der Waals surface area (Å²) in [6.45, 7) is 4.84. The largest absolute Gasteiger partial charge is 0.497 e. The van der Waals surface area contributed by atoms with Gasteiger partial charge in [-0.1, -0.05) is 57.0 Å². The van der Waals surface area contributed by atoms with E-state index >= 15 is 0 Å². The van der Waals surface area contributed by atoms with Crippen LogP contribution in [0.15, 0.2) is 48.5 Å². The van der Waals surface area contributed by atoms with Crippen molar-refractivity contribution in [2.24, 2.45) is 11.8 Å². The maximum absolute atomic E-state index is 13.5. The van der Waals surface area contributed by atoms with Crippen molar-refractivity contribution in [1.29, 1.82) is 0 Å². The maximum atomic E-state index is 13.5. The summed E-state index contributed by atoms with van der Waals surface area (Å²) in [7, 11) is 1.62. The topological polar surface area (TPSA) is 58.6 Å². The van der Waals surface area contributed by atoms with E-state index in [2.05, 4.69) is 19.2 Å². The van der Waals surface area contributed by atoms with E-state index in [4.69, 9.17) is 4.74 Å². The van der Waals surface area contributed by atoms with E-state index in [0.29, 0.717) is 23.9 Å². The van der Waals surface area contributed by atoms with Crippen molar-refractivity contribution in [3.05, 3.63) is 65.2 Å². The Morgan fingerprint density at radius 3 is 2.73 bits per heavy atom. The highest BCUT2D eigenvalue weighted by atomic mass is 16.5. The third kappa shape index (κ3) is 3.81. The Bertz CT molecular complexity index is 941. The third-order valence-corrected chi connectivity index (χ3v) is 6.83. The molecule has 0 bridgehead atoms. The molecule has 0 unspecified atom stereocenters. The molecule has 5 heteroatoms. The van der Waals surface area contributed by atoms with Gasteiger partial charge in [-0.3, -0.25) is 9.59 Å². The lowest BCUT2D eigenvalue weighted by molar-refractivity contribution is -0.127. The molecule has 0 saturated heterocycles. The Morgan fingerprint density at radius 1 is 1.13 bits per heavy atom. The van der Waals surface area contributed by atoms with Gasteiger partial charge in [0.25, 0.3) is 5.91 Å². The Labute approximate surface area is 178 Å². The second-order valence-corrected chi connectivity index (χ2v) is 8.66. The van der Waals surface area contributed by atoms with Crippen molar-refractivity contribution in [2.75, 3.05) is 7.11 Å². The third-order valence-electron chi connectivity index (χ3n) is 6.83. The van der Waals surface area contributed by atoms with E-state index in [1.807, 2.05) is 48.5 Å². The first-order chi connectivity index (χ1) is 14.5. The molecule has 4 atom stereocenters. The molecule has 2 amide bonds. The molecular weight excluding hydrogens is 376 g/mol. The molecule has 0 spiro atoms.